The van der Waals surface area contributed by atoms with Crippen molar-refractivity contribution in [2.45, 2.75) is 13.5 Å². The number of benzene rings is 2. The number of aromatic nitrogens is 3. The summed E-state index contributed by atoms with van der Waals surface area (Å²) in [5.74, 6) is -0.532. The molecule has 0 radical (unpaired) electrons. The summed E-state index contributed by atoms with van der Waals surface area (Å²) < 4.78 is 43.2. The highest BCUT2D eigenvalue weighted by molar-refractivity contribution is 7.23. The Kier molecular flexibility index (Phi) is 6.40. The molecule has 2 aromatic carbocycles. The first-order valence-corrected chi connectivity index (χ1v) is 13.4. The number of fused-ring (bicyclic) bond motifs is 1. The molecular formula is C27H20ClF2N7O2S. The maximum Gasteiger partial charge on any atom is 0.319 e. The molecule has 0 fully saturated rings. The zero-order valence-electron chi connectivity index (χ0n) is 21.0. The van der Waals surface area contributed by atoms with Crippen LogP contribution in [-0.4, -0.2) is 34.7 Å². The van der Waals surface area contributed by atoms with Crippen LogP contribution in [0.5, 0.6) is 11.8 Å². The molecule has 6 rings (SSSR count). The summed E-state index contributed by atoms with van der Waals surface area (Å²) in [4.78, 5) is 15.0. The summed E-state index contributed by atoms with van der Waals surface area (Å²) in [6.45, 7) is 2.84. The number of ether oxygens (including phenoxy) is 2. The lowest BCUT2D eigenvalue weighted by molar-refractivity contribution is 0.313. The number of hydrogen-bond donors (Lipinski definition) is 2. The maximum absolute atomic E-state index is 16.6. The summed E-state index contributed by atoms with van der Waals surface area (Å²) in [5, 5.41) is 10.2. The maximum atomic E-state index is 16.6. The van der Waals surface area contributed by atoms with Crippen molar-refractivity contribution in [1.82, 2.24) is 15.0 Å². The van der Waals surface area contributed by atoms with Crippen molar-refractivity contribution in [2.75, 3.05) is 36.1 Å². The van der Waals surface area contributed by atoms with E-state index in [4.69, 9.17) is 32.5 Å². The number of rotatable bonds is 5. The number of nitrogens with zero attached hydrogens (tertiary/aromatic N) is 5. The Hall–Kier alpha value is -4.47. The molecule has 0 spiro atoms. The van der Waals surface area contributed by atoms with Crippen LogP contribution in [0.1, 0.15) is 18.1 Å². The molecule has 202 valence electrons. The summed E-state index contributed by atoms with van der Waals surface area (Å²) in [7, 11) is 0. The van der Waals surface area contributed by atoms with Crippen LogP contribution in [0.25, 0.3) is 32.1 Å². The fraction of sp³-hybridized carbons (Fsp3) is 0.185. The molecule has 0 atom stereocenters. The minimum absolute atomic E-state index is 0.0375. The molecule has 3 aromatic heterocycles. The number of thiophene rings is 1. The first-order chi connectivity index (χ1) is 19.3. The second-order valence-corrected chi connectivity index (χ2v) is 10.3. The Bertz CT molecular complexity index is 1870. The highest BCUT2D eigenvalue weighted by atomic mass is 35.5. The van der Waals surface area contributed by atoms with Gasteiger partial charge in [-0.25, -0.2) is 13.8 Å². The summed E-state index contributed by atoms with van der Waals surface area (Å²) in [6, 6.07) is 8.12. The van der Waals surface area contributed by atoms with Gasteiger partial charge in [-0.05, 0) is 24.6 Å². The van der Waals surface area contributed by atoms with Crippen molar-refractivity contribution in [1.29, 1.82) is 5.26 Å². The standard InChI is InChI=1S/C27H20ClF2N7O2S/c1-2-38-27-35-21-18-22(39-9-8-37(26(18)36-27)11-12-4-3-7-34-24(12)32)19(28)17(20(21)30)13-5-6-15(29)23-16(13)14(10-31)25(33)40-23/h3-7H,2,8-9,11,33H2,1H3,(H2,32,34). The van der Waals surface area contributed by atoms with Crippen LogP contribution in [0, 0.1) is 23.0 Å². The lowest BCUT2D eigenvalue weighted by Gasteiger charge is -2.23. The number of hydrogen-bond acceptors (Lipinski definition) is 10. The first-order valence-electron chi connectivity index (χ1n) is 12.2. The lowest BCUT2D eigenvalue weighted by Crippen LogP contribution is -2.28. The molecule has 0 saturated heterocycles. The largest absolute Gasteiger partial charge is 0.489 e. The van der Waals surface area contributed by atoms with E-state index >= 15 is 4.39 Å². The molecule has 0 amide bonds. The van der Waals surface area contributed by atoms with Crippen molar-refractivity contribution < 1.29 is 18.3 Å². The van der Waals surface area contributed by atoms with Gasteiger partial charge in [0, 0.05) is 29.3 Å². The number of nitrogens with two attached hydrogens (primary N) is 2. The van der Waals surface area contributed by atoms with Gasteiger partial charge in [-0.1, -0.05) is 23.7 Å². The molecule has 0 unspecified atom stereocenters. The van der Waals surface area contributed by atoms with Crippen LogP contribution < -0.4 is 25.8 Å². The van der Waals surface area contributed by atoms with Gasteiger partial charge in [-0.15, -0.1) is 11.3 Å². The lowest BCUT2D eigenvalue weighted by atomic mass is 9.96. The highest BCUT2D eigenvalue weighted by Gasteiger charge is 2.32. The predicted octanol–water partition coefficient (Wildman–Crippen LogP) is 5.67. The van der Waals surface area contributed by atoms with Gasteiger partial charge >= 0.3 is 6.01 Å². The van der Waals surface area contributed by atoms with E-state index < -0.39 is 11.6 Å². The Morgan fingerprint density at radius 1 is 1.23 bits per heavy atom. The minimum atomic E-state index is -0.804. The van der Waals surface area contributed by atoms with E-state index in [2.05, 4.69) is 15.0 Å². The van der Waals surface area contributed by atoms with Crippen molar-refractivity contribution in [2.24, 2.45) is 0 Å². The Morgan fingerprint density at radius 2 is 2.05 bits per heavy atom. The van der Waals surface area contributed by atoms with Gasteiger partial charge in [0.05, 0.1) is 33.8 Å². The van der Waals surface area contributed by atoms with E-state index in [1.807, 2.05) is 17.0 Å². The molecule has 13 heteroatoms. The fourth-order valence-corrected chi connectivity index (χ4v) is 6.13. The number of anilines is 3. The highest BCUT2D eigenvalue weighted by Crippen LogP contribution is 2.50. The van der Waals surface area contributed by atoms with Gasteiger partial charge in [0.15, 0.2) is 11.6 Å². The van der Waals surface area contributed by atoms with E-state index in [9.17, 15) is 9.65 Å². The van der Waals surface area contributed by atoms with Crippen molar-refractivity contribution in [3.8, 4) is 29.0 Å². The molecule has 0 bridgehead atoms. The van der Waals surface area contributed by atoms with Crippen molar-refractivity contribution in [3.63, 3.8) is 0 Å². The summed E-state index contributed by atoms with van der Waals surface area (Å²) in [5.41, 5.74) is 12.9. The average Bonchev–Trinajstić information content (AvgIpc) is 3.18. The number of pyridine rings is 1. The van der Waals surface area contributed by atoms with E-state index in [1.54, 1.807) is 19.2 Å². The van der Waals surface area contributed by atoms with Crippen molar-refractivity contribution >= 4 is 60.6 Å². The smallest absolute Gasteiger partial charge is 0.319 e. The van der Waals surface area contributed by atoms with Crippen LogP contribution in [0.4, 0.5) is 25.4 Å². The van der Waals surface area contributed by atoms with Gasteiger partial charge in [-0.2, -0.15) is 15.2 Å². The Labute approximate surface area is 235 Å². The third-order valence-corrected chi connectivity index (χ3v) is 8.00. The van der Waals surface area contributed by atoms with Crippen LogP contribution in [0.15, 0.2) is 30.5 Å². The van der Waals surface area contributed by atoms with Crippen LogP contribution in [0.2, 0.25) is 5.02 Å². The van der Waals surface area contributed by atoms with E-state index in [-0.39, 0.29) is 72.7 Å². The topological polar surface area (TPSA) is 136 Å². The van der Waals surface area contributed by atoms with Crippen LogP contribution >= 0.6 is 22.9 Å². The molecule has 4 N–H and O–H groups in total. The third-order valence-electron chi connectivity index (χ3n) is 6.61. The van der Waals surface area contributed by atoms with Gasteiger partial charge in [-0.3, -0.25) is 0 Å². The molecule has 1 aliphatic rings. The SMILES string of the molecule is CCOc1nc2c3c(c(Cl)c(-c4ccc(F)c5sc(N)c(C#N)c45)c(F)c3n1)OCCN2Cc1cccnc1N. The van der Waals surface area contributed by atoms with E-state index in [0.29, 0.717) is 24.7 Å². The van der Waals surface area contributed by atoms with E-state index in [0.717, 1.165) is 16.9 Å². The molecule has 4 heterocycles. The van der Waals surface area contributed by atoms with Crippen LogP contribution in [0.3, 0.4) is 0 Å². The molecule has 40 heavy (non-hydrogen) atoms. The zero-order chi connectivity index (χ0) is 28.1. The molecule has 5 aromatic rings. The van der Waals surface area contributed by atoms with Gasteiger partial charge in [0.25, 0.3) is 0 Å². The van der Waals surface area contributed by atoms with Crippen LogP contribution in [-0.2, 0) is 6.54 Å². The van der Waals surface area contributed by atoms with Gasteiger partial charge in [0.2, 0.25) is 0 Å². The average molecular weight is 580 g/mol. The fourth-order valence-electron chi connectivity index (χ4n) is 4.85. The molecule has 9 nitrogen and oxygen atoms in total. The van der Waals surface area contributed by atoms with Gasteiger partial charge in [0.1, 0.15) is 40.6 Å². The van der Waals surface area contributed by atoms with Gasteiger partial charge < -0.3 is 25.8 Å². The Balaban J connectivity index is 1.66. The van der Waals surface area contributed by atoms with Crippen molar-refractivity contribution in [3.05, 3.63) is 58.2 Å². The molecule has 0 aliphatic carbocycles. The minimum Gasteiger partial charge on any atom is -0.489 e. The normalized spacial score (nSPS) is 12.8. The predicted molar refractivity (Wildman–Crippen MR) is 151 cm³/mol. The summed E-state index contributed by atoms with van der Waals surface area (Å²) >= 11 is 7.79. The number of nitrogen functional groups attached to an aromatic ring is 2. The first kappa shape index (κ1) is 25.8. The molecule has 1 aliphatic heterocycles. The quantitative estimate of drug-likeness (QED) is 0.270. The number of nitriles is 1. The second kappa shape index (κ2) is 9.93. The monoisotopic (exact) mass is 579 g/mol. The van der Waals surface area contributed by atoms with E-state index in [1.165, 1.54) is 12.1 Å². The second-order valence-electron chi connectivity index (χ2n) is 8.89. The zero-order valence-corrected chi connectivity index (χ0v) is 22.5. The Morgan fingerprint density at radius 3 is 2.80 bits per heavy atom. The number of halogens is 3. The molecular weight excluding hydrogens is 560 g/mol. The third kappa shape index (κ3) is 3.97. The summed E-state index contributed by atoms with van der Waals surface area (Å²) in [6.07, 6.45) is 1.59. The molecule has 0 saturated carbocycles.